The lowest BCUT2D eigenvalue weighted by atomic mass is 10.1. The Morgan fingerprint density at radius 1 is 1.20 bits per heavy atom. The Balaban J connectivity index is 1.55. The van der Waals surface area contributed by atoms with Crippen molar-refractivity contribution in [3.05, 3.63) is 63.3 Å². The summed E-state index contributed by atoms with van der Waals surface area (Å²) in [6.45, 7) is 6.98. The van der Waals surface area contributed by atoms with E-state index in [0.717, 1.165) is 11.3 Å². The van der Waals surface area contributed by atoms with E-state index < -0.39 is 12.4 Å². The molecule has 1 aromatic heterocycles. The van der Waals surface area contributed by atoms with Crippen molar-refractivity contribution in [1.82, 2.24) is 14.9 Å². The van der Waals surface area contributed by atoms with Gasteiger partial charge in [0.05, 0.1) is 30.6 Å². The van der Waals surface area contributed by atoms with Gasteiger partial charge in [-0.3, -0.25) is 9.69 Å². The molecule has 0 unspecified atom stereocenters. The number of aliphatic hydroxyl groups is 1. The zero-order valence-corrected chi connectivity index (χ0v) is 17.7. The molecule has 0 fully saturated rings. The van der Waals surface area contributed by atoms with E-state index in [2.05, 4.69) is 14.9 Å². The highest BCUT2D eigenvalue weighted by atomic mass is 16.7. The first-order chi connectivity index (χ1) is 14.6. The van der Waals surface area contributed by atoms with E-state index in [-0.39, 0.29) is 12.2 Å². The third-order valence-electron chi connectivity index (χ3n) is 4.92. The fourth-order valence-electron chi connectivity index (χ4n) is 3.51. The molecule has 164 valence electrons. The number of benzene rings is 1. The summed E-state index contributed by atoms with van der Waals surface area (Å²) in [5, 5.41) is 10.3. The van der Waals surface area contributed by atoms with Gasteiger partial charge in [-0.2, -0.15) is 0 Å². The molecule has 0 saturated carbocycles. The Bertz CT molecular complexity index is 836. The number of aromatic nitrogens is 2. The number of fused-ring (bicyclic) bond motifs is 1. The van der Waals surface area contributed by atoms with Crippen LogP contribution in [0.2, 0.25) is 0 Å². The molecule has 0 bridgehead atoms. The monoisotopic (exact) mass is 417 g/mol. The summed E-state index contributed by atoms with van der Waals surface area (Å²) in [6, 6.07) is 9.86. The largest absolute Gasteiger partial charge is 0.389 e. The van der Waals surface area contributed by atoms with Crippen LogP contribution < -0.4 is 5.56 Å². The Morgan fingerprint density at radius 3 is 2.63 bits per heavy atom. The van der Waals surface area contributed by atoms with Crippen LogP contribution in [0.5, 0.6) is 0 Å². The van der Waals surface area contributed by atoms with Crippen LogP contribution in [0.3, 0.4) is 0 Å². The van der Waals surface area contributed by atoms with Crippen LogP contribution in [-0.2, 0) is 33.8 Å². The van der Waals surface area contributed by atoms with Gasteiger partial charge in [-0.05, 0) is 19.4 Å². The molecule has 8 heteroatoms. The van der Waals surface area contributed by atoms with Gasteiger partial charge in [-0.15, -0.1) is 0 Å². The van der Waals surface area contributed by atoms with Gasteiger partial charge in [0, 0.05) is 39.3 Å². The van der Waals surface area contributed by atoms with Crippen LogP contribution in [0, 0.1) is 0 Å². The molecule has 0 radical (unpaired) electrons. The fraction of sp³-hybridized carbons (Fsp3) is 0.545. The van der Waals surface area contributed by atoms with Crippen molar-refractivity contribution >= 4 is 0 Å². The van der Waals surface area contributed by atoms with E-state index in [1.807, 2.05) is 44.2 Å². The number of hydrogen-bond acceptors (Lipinski definition) is 7. The summed E-state index contributed by atoms with van der Waals surface area (Å²) in [6.07, 6.45) is -0.657. The molecule has 0 aliphatic carbocycles. The van der Waals surface area contributed by atoms with Crippen LogP contribution in [0.25, 0.3) is 0 Å². The standard InChI is InChI=1S/C22H31N3O5/c1-3-29-22(30-4-2)20-23-19-10-11-25(13-18(19)21(27)24-20)12-17(26)15-28-14-16-8-6-5-7-9-16/h5-9,17,22,26H,3-4,10-15H2,1-2H3,(H,23,24,27)/t17-/m0/s1. The van der Waals surface area contributed by atoms with Crippen LogP contribution in [-0.4, -0.2) is 59.0 Å². The van der Waals surface area contributed by atoms with Gasteiger partial charge in [-0.1, -0.05) is 30.3 Å². The third kappa shape index (κ3) is 6.20. The molecule has 0 spiro atoms. The van der Waals surface area contributed by atoms with Crippen molar-refractivity contribution in [2.24, 2.45) is 0 Å². The zero-order valence-electron chi connectivity index (χ0n) is 17.7. The van der Waals surface area contributed by atoms with Crippen molar-refractivity contribution in [3.63, 3.8) is 0 Å². The number of rotatable bonds is 11. The highest BCUT2D eigenvalue weighted by Gasteiger charge is 2.25. The second-order valence-corrected chi connectivity index (χ2v) is 7.26. The molecule has 2 aromatic rings. The molecule has 2 heterocycles. The summed E-state index contributed by atoms with van der Waals surface area (Å²) in [4.78, 5) is 22.1. The van der Waals surface area contributed by atoms with Crippen LogP contribution >= 0.6 is 0 Å². The highest BCUT2D eigenvalue weighted by Crippen LogP contribution is 2.19. The number of nitrogens with zero attached hydrogens (tertiary/aromatic N) is 2. The Kier molecular flexibility index (Phi) is 8.53. The van der Waals surface area contributed by atoms with Gasteiger partial charge in [0.2, 0.25) is 6.29 Å². The summed E-state index contributed by atoms with van der Waals surface area (Å²) in [5.41, 5.74) is 2.29. The number of ether oxygens (including phenoxy) is 3. The molecule has 1 atom stereocenters. The molecule has 8 nitrogen and oxygen atoms in total. The van der Waals surface area contributed by atoms with Crippen molar-refractivity contribution in [2.75, 3.05) is 32.9 Å². The molecular formula is C22H31N3O5. The van der Waals surface area contributed by atoms with Gasteiger partial charge >= 0.3 is 0 Å². The summed E-state index contributed by atoms with van der Waals surface area (Å²) in [5.74, 6) is 0.408. The quantitative estimate of drug-likeness (QED) is 0.538. The molecule has 3 rings (SSSR count). The first-order valence-corrected chi connectivity index (χ1v) is 10.5. The average Bonchev–Trinajstić information content (AvgIpc) is 2.74. The molecule has 1 aliphatic heterocycles. The van der Waals surface area contributed by atoms with Gasteiger partial charge in [0.15, 0.2) is 5.82 Å². The van der Waals surface area contributed by atoms with E-state index in [4.69, 9.17) is 14.2 Å². The number of aliphatic hydroxyl groups excluding tert-OH is 1. The number of hydrogen-bond donors (Lipinski definition) is 2. The number of aromatic amines is 1. The maximum absolute atomic E-state index is 12.6. The van der Waals surface area contributed by atoms with E-state index >= 15 is 0 Å². The van der Waals surface area contributed by atoms with Crippen molar-refractivity contribution in [3.8, 4) is 0 Å². The smallest absolute Gasteiger partial charge is 0.255 e. The van der Waals surface area contributed by atoms with Gasteiger partial charge < -0.3 is 24.3 Å². The Labute approximate surface area is 176 Å². The number of nitrogens with one attached hydrogen (secondary N) is 1. The molecular weight excluding hydrogens is 386 g/mol. The Morgan fingerprint density at radius 2 is 1.93 bits per heavy atom. The van der Waals surface area contributed by atoms with Crippen LogP contribution in [0.4, 0.5) is 0 Å². The maximum Gasteiger partial charge on any atom is 0.255 e. The predicted octanol–water partition coefficient (Wildman–Crippen LogP) is 1.78. The molecule has 1 aromatic carbocycles. The van der Waals surface area contributed by atoms with Gasteiger partial charge in [-0.25, -0.2) is 4.98 Å². The van der Waals surface area contributed by atoms with Crippen LogP contribution in [0.1, 0.15) is 42.8 Å². The number of β-amino-alcohol motifs (C(OH)–C–C–N with tert-alkyl or cyclic N) is 1. The molecule has 1 aliphatic rings. The maximum atomic E-state index is 12.6. The van der Waals surface area contributed by atoms with Crippen molar-refractivity contribution in [1.29, 1.82) is 0 Å². The lowest BCUT2D eigenvalue weighted by molar-refractivity contribution is -0.145. The molecule has 2 N–H and O–H groups in total. The number of H-pyrrole nitrogens is 1. The minimum Gasteiger partial charge on any atom is -0.389 e. The molecule has 0 amide bonds. The zero-order chi connectivity index (χ0) is 21.3. The van der Waals surface area contributed by atoms with Crippen LogP contribution in [0.15, 0.2) is 35.1 Å². The third-order valence-corrected chi connectivity index (χ3v) is 4.92. The molecule has 0 saturated heterocycles. The second kappa shape index (κ2) is 11.3. The van der Waals surface area contributed by atoms with Gasteiger partial charge in [0.1, 0.15) is 0 Å². The SMILES string of the molecule is CCOC(OCC)c1nc2c(c(=O)[nH]1)CN(C[C@H](O)COCc1ccccc1)CC2. The minimum atomic E-state index is -0.667. The normalized spacial score (nSPS) is 15.3. The first kappa shape index (κ1) is 22.6. The summed E-state index contributed by atoms with van der Waals surface area (Å²) >= 11 is 0. The van der Waals surface area contributed by atoms with Gasteiger partial charge in [0.25, 0.3) is 5.56 Å². The minimum absolute atomic E-state index is 0.182. The topological polar surface area (TPSA) is 96.9 Å². The van der Waals surface area contributed by atoms with E-state index in [0.29, 0.717) is 57.3 Å². The average molecular weight is 418 g/mol. The van der Waals surface area contributed by atoms with Crippen molar-refractivity contribution in [2.45, 2.75) is 45.8 Å². The Hall–Kier alpha value is -2.10. The van der Waals surface area contributed by atoms with E-state index in [1.165, 1.54) is 0 Å². The fourth-order valence-corrected chi connectivity index (χ4v) is 3.51. The highest BCUT2D eigenvalue weighted by molar-refractivity contribution is 5.21. The van der Waals surface area contributed by atoms with E-state index in [1.54, 1.807) is 0 Å². The lowest BCUT2D eigenvalue weighted by Crippen LogP contribution is -2.41. The summed E-state index contributed by atoms with van der Waals surface area (Å²) < 4.78 is 16.7. The second-order valence-electron chi connectivity index (χ2n) is 7.26. The first-order valence-electron chi connectivity index (χ1n) is 10.5. The predicted molar refractivity (Wildman–Crippen MR) is 112 cm³/mol. The van der Waals surface area contributed by atoms with E-state index in [9.17, 15) is 9.90 Å². The molecule has 30 heavy (non-hydrogen) atoms. The summed E-state index contributed by atoms with van der Waals surface area (Å²) in [7, 11) is 0. The lowest BCUT2D eigenvalue weighted by Gasteiger charge is -2.29. The van der Waals surface area contributed by atoms with Crippen molar-refractivity contribution < 1.29 is 19.3 Å².